The molecule has 0 atom stereocenters. The van der Waals surface area contributed by atoms with E-state index in [0.29, 0.717) is 47.6 Å². The quantitative estimate of drug-likeness (QED) is 0.419. The van der Waals surface area contributed by atoms with Crippen LogP contribution in [0, 0.1) is 0 Å². The molecule has 1 heterocycles. The van der Waals surface area contributed by atoms with Crippen LogP contribution in [0.4, 0.5) is 5.69 Å². The lowest BCUT2D eigenvalue weighted by atomic mass is 10.1. The lowest BCUT2D eigenvalue weighted by Gasteiger charge is -2.26. The van der Waals surface area contributed by atoms with Gasteiger partial charge in [0, 0.05) is 11.1 Å². The number of benzene rings is 3. The number of hydrogen-bond acceptors (Lipinski definition) is 6. The lowest BCUT2D eigenvalue weighted by Crippen LogP contribution is -2.31. The van der Waals surface area contributed by atoms with Crippen molar-refractivity contribution in [1.29, 1.82) is 0 Å². The lowest BCUT2D eigenvalue weighted by molar-refractivity contribution is -0.142. The normalized spacial score (nSPS) is 12.8. The zero-order valence-corrected chi connectivity index (χ0v) is 20.1. The molecule has 178 valence electrons. The third-order valence-corrected chi connectivity index (χ3v) is 7.39. The minimum atomic E-state index is -4.00. The molecule has 3 aromatic rings. The maximum Gasteiger partial charge on any atom is 0.310 e. The second-order valence-electron chi connectivity index (χ2n) is 7.56. The highest BCUT2D eigenvalue weighted by molar-refractivity contribution is 7.92. The summed E-state index contributed by atoms with van der Waals surface area (Å²) in [6.45, 7) is 2.83. The second-order valence-corrected chi connectivity index (χ2v) is 9.83. The van der Waals surface area contributed by atoms with Gasteiger partial charge in [0.2, 0.25) is 0 Å². The van der Waals surface area contributed by atoms with Crippen LogP contribution >= 0.6 is 11.6 Å². The Labute approximate surface area is 203 Å². The molecule has 0 spiro atoms. The highest BCUT2D eigenvalue weighted by Crippen LogP contribution is 2.35. The molecule has 1 aliphatic heterocycles. The Balaban J connectivity index is 1.71. The first-order valence-corrected chi connectivity index (χ1v) is 12.6. The van der Waals surface area contributed by atoms with E-state index >= 15 is 0 Å². The van der Waals surface area contributed by atoms with E-state index in [4.69, 9.17) is 25.8 Å². The van der Waals surface area contributed by atoms with Gasteiger partial charge in [0.1, 0.15) is 13.2 Å². The van der Waals surface area contributed by atoms with Crippen LogP contribution in [0.1, 0.15) is 18.1 Å². The molecule has 0 saturated carbocycles. The van der Waals surface area contributed by atoms with Gasteiger partial charge in [0.25, 0.3) is 10.0 Å². The fourth-order valence-corrected chi connectivity index (χ4v) is 5.22. The maximum atomic E-state index is 13.8. The van der Waals surface area contributed by atoms with Crippen molar-refractivity contribution in [2.45, 2.75) is 24.8 Å². The predicted octanol–water partition coefficient (Wildman–Crippen LogP) is 4.61. The van der Waals surface area contributed by atoms with Crippen LogP contribution in [0.15, 0.2) is 71.6 Å². The molecular formula is C25H24ClNO6S. The van der Waals surface area contributed by atoms with Crippen LogP contribution < -0.4 is 13.8 Å². The Morgan fingerprint density at radius 2 is 1.71 bits per heavy atom. The van der Waals surface area contributed by atoms with E-state index in [1.54, 1.807) is 61.5 Å². The van der Waals surface area contributed by atoms with Crippen LogP contribution in [0.25, 0.3) is 0 Å². The summed E-state index contributed by atoms with van der Waals surface area (Å²) in [6, 6.07) is 18.4. The van der Waals surface area contributed by atoms with Crippen molar-refractivity contribution in [2.24, 2.45) is 0 Å². The van der Waals surface area contributed by atoms with Gasteiger partial charge < -0.3 is 14.2 Å². The van der Waals surface area contributed by atoms with Gasteiger partial charge in [-0.25, -0.2) is 8.42 Å². The molecule has 4 rings (SSSR count). The van der Waals surface area contributed by atoms with Crippen LogP contribution in [0.3, 0.4) is 0 Å². The minimum Gasteiger partial charge on any atom is -0.486 e. The number of carbonyl (C=O) groups is 1. The number of carbonyl (C=O) groups excluding carboxylic acids is 1. The van der Waals surface area contributed by atoms with Gasteiger partial charge in [0.05, 0.1) is 30.2 Å². The summed E-state index contributed by atoms with van der Waals surface area (Å²) in [5.74, 6) is 0.549. The first kappa shape index (κ1) is 23.9. The zero-order valence-electron chi connectivity index (χ0n) is 18.6. The first-order valence-electron chi connectivity index (χ1n) is 10.8. The topological polar surface area (TPSA) is 82.1 Å². The van der Waals surface area contributed by atoms with E-state index in [9.17, 15) is 13.2 Å². The van der Waals surface area contributed by atoms with Crippen molar-refractivity contribution in [3.05, 3.63) is 82.9 Å². The molecule has 0 unspecified atom stereocenters. The molecule has 0 aliphatic carbocycles. The second kappa shape index (κ2) is 10.4. The summed E-state index contributed by atoms with van der Waals surface area (Å²) in [5, 5.41) is 0.462. The molecule has 1 aliphatic rings. The molecule has 0 fully saturated rings. The maximum absolute atomic E-state index is 13.8. The Bertz CT molecular complexity index is 1280. The fraction of sp³-hybridized carbons (Fsp3) is 0.240. The fourth-order valence-electron chi connectivity index (χ4n) is 3.57. The van der Waals surface area contributed by atoms with E-state index in [1.807, 2.05) is 0 Å². The number of rotatable bonds is 8. The Morgan fingerprint density at radius 3 is 2.41 bits per heavy atom. The monoisotopic (exact) mass is 501 g/mol. The molecule has 0 N–H and O–H groups in total. The van der Waals surface area contributed by atoms with Crippen molar-refractivity contribution >= 4 is 33.3 Å². The number of hydrogen-bond donors (Lipinski definition) is 0. The van der Waals surface area contributed by atoms with E-state index in [-0.39, 0.29) is 23.8 Å². The van der Waals surface area contributed by atoms with Crippen LogP contribution in [0.5, 0.6) is 11.5 Å². The SMILES string of the molecule is CCOC(=O)Cc1ccc(N(Cc2ccccc2Cl)S(=O)(=O)c2ccc3c(c2)OCCO3)cc1. The molecule has 0 radical (unpaired) electrons. The van der Waals surface area contributed by atoms with E-state index in [2.05, 4.69) is 0 Å². The summed E-state index contributed by atoms with van der Waals surface area (Å²) < 4.78 is 45.0. The summed E-state index contributed by atoms with van der Waals surface area (Å²) in [5.41, 5.74) is 1.81. The van der Waals surface area contributed by atoms with E-state index < -0.39 is 10.0 Å². The Kier molecular flexibility index (Phi) is 7.29. The predicted molar refractivity (Wildman–Crippen MR) is 129 cm³/mol. The number of sulfonamides is 1. The minimum absolute atomic E-state index is 0.0215. The number of halogens is 1. The van der Waals surface area contributed by atoms with Gasteiger partial charge in [-0.05, 0) is 48.4 Å². The number of fused-ring (bicyclic) bond motifs is 1. The first-order chi connectivity index (χ1) is 16.4. The van der Waals surface area contributed by atoms with Gasteiger partial charge in [-0.2, -0.15) is 0 Å². The smallest absolute Gasteiger partial charge is 0.310 e. The van der Waals surface area contributed by atoms with Gasteiger partial charge in [0.15, 0.2) is 11.5 Å². The number of esters is 1. The van der Waals surface area contributed by atoms with Crippen molar-refractivity contribution in [3.8, 4) is 11.5 Å². The molecule has 9 heteroatoms. The average Bonchev–Trinajstić information content (AvgIpc) is 2.84. The van der Waals surface area contributed by atoms with Crippen molar-refractivity contribution < 1.29 is 27.4 Å². The van der Waals surface area contributed by atoms with Crippen LogP contribution in [-0.4, -0.2) is 34.2 Å². The summed E-state index contributed by atoms with van der Waals surface area (Å²) in [7, 11) is -4.00. The Hall–Kier alpha value is -3.23. The Morgan fingerprint density at radius 1 is 1.00 bits per heavy atom. The molecule has 34 heavy (non-hydrogen) atoms. The van der Waals surface area contributed by atoms with E-state index in [0.717, 1.165) is 5.56 Å². The largest absolute Gasteiger partial charge is 0.486 e. The average molecular weight is 502 g/mol. The van der Waals surface area contributed by atoms with Crippen LogP contribution in [0.2, 0.25) is 5.02 Å². The number of ether oxygens (including phenoxy) is 3. The third-order valence-electron chi connectivity index (χ3n) is 5.25. The van der Waals surface area contributed by atoms with Crippen molar-refractivity contribution in [3.63, 3.8) is 0 Å². The standard InChI is InChI=1S/C25H24ClNO6S/c1-2-31-25(28)15-18-7-9-20(10-8-18)27(17-19-5-3-4-6-22(19)26)34(29,30)21-11-12-23-24(16-21)33-14-13-32-23/h3-12,16H,2,13-15,17H2,1H3. The van der Waals surface area contributed by atoms with Crippen LogP contribution in [-0.2, 0) is 32.5 Å². The number of nitrogens with zero attached hydrogens (tertiary/aromatic N) is 1. The molecule has 0 amide bonds. The molecular weight excluding hydrogens is 478 g/mol. The van der Waals surface area contributed by atoms with E-state index in [1.165, 1.54) is 16.4 Å². The van der Waals surface area contributed by atoms with Gasteiger partial charge in [-0.1, -0.05) is 41.9 Å². The van der Waals surface area contributed by atoms with Gasteiger partial charge >= 0.3 is 5.97 Å². The number of anilines is 1. The highest BCUT2D eigenvalue weighted by Gasteiger charge is 2.28. The molecule has 3 aromatic carbocycles. The summed E-state index contributed by atoms with van der Waals surface area (Å²) in [6.07, 6.45) is 0.105. The summed E-state index contributed by atoms with van der Waals surface area (Å²) >= 11 is 6.35. The highest BCUT2D eigenvalue weighted by atomic mass is 35.5. The molecule has 0 aromatic heterocycles. The van der Waals surface area contributed by atoms with Crippen molar-refractivity contribution in [1.82, 2.24) is 0 Å². The summed E-state index contributed by atoms with van der Waals surface area (Å²) in [4.78, 5) is 11.9. The van der Waals surface area contributed by atoms with Gasteiger partial charge in [-0.3, -0.25) is 9.10 Å². The molecule has 0 saturated heterocycles. The third kappa shape index (κ3) is 5.29. The van der Waals surface area contributed by atoms with Gasteiger partial charge in [-0.15, -0.1) is 0 Å². The molecule has 7 nitrogen and oxygen atoms in total. The van der Waals surface area contributed by atoms with Crippen molar-refractivity contribution in [2.75, 3.05) is 24.1 Å². The zero-order chi connectivity index (χ0) is 24.1. The molecule has 0 bridgehead atoms.